The molecule has 0 unspecified atom stereocenters. The Balaban J connectivity index is 1.71. The summed E-state index contributed by atoms with van der Waals surface area (Å²) in [4.78, 5) is 15.6. The predicted molar refractivity (Wildman–Crippen MR) is 111 cm³/mol. The summed E-state index contributed by atoms with van der Waals surface area (Å²) in [7, 11) is 0. The molecule has 1 aromatic carbocycles. The van der Waals surface area contributed by atoms with E-state index in [2.05, 4.69) is 25.6 Å². The highest BCUT2D eigenvalue weighted by Crippen LogP contribution is 2.36. The van der Waals surface area contributed by atoms with Gasteiger partial charge in [-0.25, -0.2) is 10.1 Å². The number of aromatic nitrogens is 3. The summed E-state index contributed by atoms with van der Waals surface area (Å²) in [6.07, 6.45) is 2.86. The van der Waals surface area contributed by atoms with E-state index in [1.165, 1.54) is 17.2 Å². The molecule has 13 nitrogen and oxygen atoms in total. The summed E-state index contributed by atoms with van der Waals surface area (Å²) in [6, 6.07) is 3.41. The van der Waals surface area contributed by atoms with Gasteiger partial charge in [0.05, 0.1) is 37.6 Å². The van der Waals surface area contributed by atoms with Gasteiger partial charge < -0.3 is 25.1 Å². The molecule has 0 bridgehead atoms. The van der Waals surface area contributed by atoms with Crippen LogP contribution in [0, 0.1) is 10.1 Å². The minimum absolute atomic E-state index is 0.0253. The normalized spacial score (nSPS) is 17.5. The zero-order valence-electron chi connectivity index (χ0n) is 16.3. The van der Waals surface area contributed by atoms with Gasteiger partial charge >= 0.3 is 0 Å². The third-order valence-corrected chi connectivity index (χ3v) is 4.97. The topological polar surface area (TPSA) is 149 Å². The van der Waals surface area contributed by atoms with E-state index in [9.17, 15) is 10.1 Å². The first kappa shape index (κ1) is 19.8. The van der Waals surface area contributed by atoms with E-state index < -0.39 is 0 Å². The van der Waals surface area contributed by atoms with Crippen molar-refractivity contribution >= 4 is 29.2 Å². The number of nitro benzene ring substituents is 1. The van der Waals surface area contributed by atoms with E-state index in [0.29, 0.717) is 63.9 Å². The lowest BCUT2D eigenvalue weighted by atomic mass is 10.1. The van der Waals surface area contributed by atoms with Crippen LogP contribution in [-0.2, 0) is 9.47 Å². The van der Waals surface area contributed by atoms with Crippen molar-refractivity contribution in [3.05, 3.63) is 34.1 Å². The van der Waals surface area contributed by atoms with Crippen LogP contribution in [0.2, 0.25) is 0 Å². The van der Waals surface area contributed by atoms with Crippen LogP contribution in [-0.4, -0.2) is 78.6 Å². The number of hydrogen-bond acceptors (Lipinski definition) is 11. The number of anilines is 3. The Hall–Kier alpha value is -3.45. The van der Waals surface area contributed by atoms with Crippen molar-refractivity contribution in [3.63, 3.8) is 0 Å². The number of nitrogens with one attached hydrogen (secondary N) is 1. The molecule has 3 heterocycles. The average molecular weight is 417 g/mol. The number of nitrogens with zero attached hydrogens (tertiary/aromatic N) is 7. The van der Waals surface area contributed by atoms with Crippen LogP contribution in [0.1, 0.15) is 5.56 Å². The first-order valence-electron chi connectivity index (χ1n) is 9.55. The highest BCUT2D eigenvalue weighted by molar-refractivity contribution is 5.92. The van der Waals surface area contributed by atoms with Gasteiger partial charge in [0.25, 0.3) is 11.6 Å². The Bertz CT molecular complexity index is 920. The van der Waals surface area contributed by atoms with Crippen molar-refractivity contribution in [3.8, 4) is 0 Å². The highest BCUT2D eigenvalue weighted by atomic mass is 16.6. The predicted octanol–water partition coefficient (Wildman–Crippen LogP) is 0.0193. The Morgan fingerprint density at radius 1 is 1.10 bits per heavy atom. The Kier molecular flexibility index (Phi) is 5.90. The molecule has 4 rings (SSSR count). The maximum Gasteiger partial charge on any atom is 0.293 e. The van der Waals surface area contributed by atoms with Gasteiger partial charge in [-0.3, -0.25) is 10.1 Å². The lowest BCUT2D eigenvalue weighted by Gasteiger charge is -2.33. The molecule has 0 amide bonds. The zero-order valence-corrected chi connectivity index (χ0v) is 16.3. The summed E-state index contributed by atoms with van der Waals surface area (Å²) in [6.45, 7) is 4.84. The minimum Gasteiger partial charge on any atom is -0.378 e. The lowest BCUT2D eigenvalue weighted by molar-refractivity contribution is -0.384. The smallest absolute Gasteiger partial charge is 0.293 e. The zero-order chi connectivity index (χ0) is 20.9. The SMILES string of the molecule is Nn1cnnc1N/N=C/c1cc([N+](=O)[O-])c(N2CCOCC2)cc1N1CCOCC1. The van der Waals surface area contributed by atoms with E-state index in [-0.39, 0.29) is 16.6 Å². The van der Waals surface area contributed by atoms with Crippen LogP contribution in [0.4, 0.5) is 23.0 Å². The monoisotopic (exact) mass is 417 g/mol. The quantitative estimate of drug-likeness (QED) is 0.285. The molecular weight excluding hydrogens is 394 g/mol. The van der Waals surface area contributed by atoms with E-state index in [0.717, 1.165) is 5.69 Å². The van der Waals surface area contributed by atoms with Crippen LogP contribution in [0.5, 0.6) is 0 Å². The summed E-state index contributed by atoms with van der Waals surface area (Å²) < 4.78 is 12.0. The molecule has 30 heavy (non-hydrogen) atoms. The van der Waals surface area contributed by atoms with Crippen LogP contribution in [0.15, 0.2) is 23.6 Å². The van der Waals surface area contributed by atoms with Gasteiger partial charge in [-0.2, -0.15) is 5.10 Å². The molecule has 3 N–H and O–H groups in total. The molecule has 2 saturated heterocycles. The van der Waals surface area contributed by atoms with E-state index in [4.69, 9.17) is 15.3 Å². The molecule has 160 valence electrons. The first-order valence-corrected chi connectivity index (χ1v) is 9.55. The van der Waals surface area contributed by atoms with Crippen molar-refractivity contribution < 1.29 is 14.4 Å². The molecule has 2 aliphatic heterocycles. The van der Waals surface area contributed by atoms with Crippen molar-refractivity contribution in [1.82, 2.24) is 14.9 Å². The molecule has 0 radical (unpaired) electrons. The molecule has 0 aliphatic carbocycles. The third kappa shape index (κ3) is 4.26. The number of hydrazone groups is 1. The van der Waals surface area contributed by atoms with Gasteiger partial charge in [-0.15, -0.1) is 10.2 Å². The fourth-order valence-electron chi connectivity index (χ4n) is 3.45. The minimum atomic E-state index is -0.366. The molecule has 0 spiro atoms. The Morgan fingerprint density at radius 3 is 2.30 bits per heavy atom. The number of nitrogen functional groups attached to an aromatic ring is 1. The van der Waals surface area contributed by atoms with Crippen LogP contribution < -0.4 is 21.1 Å². The molecular formula is C17H23N9O4. The van der Waals surface area contributed by atoms with Gasteiger partial charge in [0.1, 0.15) is 12.0 Å². The van der Waals surface area contributed by atoms with Crippen LogP contribution >= 0.6 is 0 Å². The van der Waals surface area contributed by atoms with Crippen molar-refractivity contribution in [2.45, 2.75) is 0 Å². The number of rotatable bonds is 6. The van der Waals surface area contributed by atoms with Crippen LogP contribution in [0.3, 0.4) is 0 Å². The Morgan fingerprint density at radius 2 is 1.73 bits per heavy atom. The summed E-state index contributed by atoms with van der Waals surface area (Å²) >= 11 is 0. The summed E-state index contributed by atoms with van der Waals surface area (Å²) in [5, 5.41) is 23.4. The van der Waals surface area contributed by atoms with Crippen LogP contribution in [0.25, 0.3) is 0 Å². The Labute approximate surface area is 172 Å². The summed E-state index contributed by atoms with van der Waals surface area (Å²) in [5.41, 5.74) is 4.76. The molecule has 1 aromatic heterocycles. The summed E-state index contributed by atoms with van der Waals surface area (Å²) in [5.74, 6) is 5.91. The average Bonchev–Trinajstić information content (AvgIpc) is 3.19. The number of hydrogen-bond donors (Lipinski definition) is 2. The highest BCUT2D eigenvalue weighted by Gasteiger charge is 2.26. The molecule has 13 heteroatoms. The largest absolute Gasteiger partial charge is 0.378 e. The number of benzene rings is 1. The van der Waals surface area contributed by atoms with Gasteiger partial charge in [-0.1, -0.05) is 0 Å². The maximum absolute atomic E-state index is 11.8. The standard InChI is InChI=1S/C17H23N9O4/c18-25-12-20-22-17(25)21-19-11-13-9-16(26(27)28)15(24-3-7-30-8-4-24)10-14(13)23-1-5-29-6-2-23/h9-12H,1-8,18H2,(H,21,22)/b19-11+. The number of nitrogens with two attached hydrogens (primary N) is 1. The lowest BCUT2D eigenvalue weighted by Crippen LogP contribution is -2.38. The van der Waals surface area contributed by atoms with E-state index >= 15 is 0 Å². The second-order valence-corrected chi connectivity index (χ2v) is 6.79. The third-order valence-electron chi connectivity index (χ3n) is 4.97. The van der Waals surface area contributed by atoms with Crippen molar-refractivity contribution in [2.24, 2.45) is 5.10 Å². The molecule has 2 aromatic rings. The second-order valence-electron chi connectivity index (χ2n) is 6.79. The number of ether oxygens (including phenoxy) is 2. The van der Waals surface area contributed by atoms with E-state index in [1.807, 2.05) is 11.0 Å². The second kappa shape index (κ2) is 8.92. The first-order chi connectivity index (χ1) is 14.6. The van der Waals surface area contributed by atoms with Gasteiger partial charge in [0.15, 0.2) is 0 Å². The van der Waals surface area contributed by atoms with E-state index in [1.54, 1.807) is 6.07 Å². The number of nitro groups is 1. The molecule has 0 saturated carbocycles. The fourth-order valence-corrected chi connectivity index (χ4v) is 3.45. The van der Waals surface area contributed by atoms with Crippen molar-refractivity contribution in [2.75, 3.05) is 73.7 Å². The van der Waals surface area contributed by atoms with Gasteiger partial charge in [0.2, 0.25) is 0 Å². The van der Waals surface area contributed by atoms with Crippen molar-refractivity contribution in [1.29, 1.82) is 0 Å². The molecule has 0 atom stereocenters. The maximum atomic E-state index is 11.8. The fraction of sp³-hybridized carbons (Fsp3) is 0.471. The van der Waals surface area contributed by atoms with Gasteiger partial charge in [0, 0.05) is 43.5 Å². The number of morpholine rings is 2. The molecule has 2 fully saturated rings. The molecule has 2 aliphatic rings. The van der Waals surface area contributed by atoms with Gasteiger partial charge in [-0.05, 0) is 6.07 Å².